The second-order valence-electron chi connectivity index (χ2n) is 5.48. The second-order valence-corrected chi connectivity index (χ2v) is 5.48. The molecule has 0 fully saturated rings. The van der Waals surface area contributed by atoms with Crippen LogP contribution in [0.1, 0.15) is 35.9 Å². The van der Waals surface area contributed by atoms with Gasteiger partial charge in [0.25, 0.3) is 5.91 Å². The summed E-state index contributed by atoms with van der Waals surface area (Å²) in [5.41, 5.74) is 11.7. The number of hydrogen-bond acceptors (Lipinski definition) is 6. The standard InChI is InChI=1S/C15H22N6O4/c1-3-4-6-25-14-12(22)8-11(9-17-19-16)21-13(14)15(23)20(10-18-21)5-7-24-2/h8,18H,3-7,9-10H2,1-2H3. The average molecular weight is 350 g/mol. The zero-order valence-electron chi connectivity index (χ0n) is 14.4. The Morgan fingerprint density at radius 1 is 1.40 bits per heavy atom. The summed E-state index contributed by atoms with van der Waals surface area (Å²) >= 11 is 0. The van der Waals surface area contributed by atoms with Crippen molar-refractivity contribution in [3.05, 3.63) is 38.1 Å². The third kappa shape index (κ3) is 4.23. The number of hydrogen-bond donors (Lipinski definition) is 1. The maximum atomic E-state index is 12.8. The Hall–Kier alpha value is -2.71. The van der Waals surface area contributed by atoms with E-state index >= 15 is 0 Å². The van der Waals surface area contributed by atoms with E-state index in [1.54, 1.807) is 7.11 Å². The lowest BCUT2D eigenvalue weighted by Gasteiger charge is -2.33. The lowest BCUT2D eigenvalue weighted by Crippen LogP contribution is -2.48. The van der Waals surface area contributed by atoms with Gasteiger partial charge < -0.3 is 19.8 Å². The monoisotopic (exact) mass is 350 g/mol. The minimum atomic E-state index is -0.408. The molecule has 0 atom stereocenters. The molecule has 25 heavy (non-hydrogen) atoms. The topological polar surface area (TPSA) is 122 Å². The van der Waals surface area contributed by atoms with Crippen molar-refractivity contribution in [1.29, 1.82) is 0 Å². The average Bonchev–Trinajstić information content (AvgIpc) is 2.61. The number of carbonyl (C=O) groups is 1. The molecule has 0 saturated carbocycles. The van der Waals surface area contributed by atoms with Crippen LogP contribution >= 0.6 is 0 Å². The molecule has 1 aliphatic heterocycles. The number of ether oxygens (including phenoxy) is 2. The third-order valence-electron chi connectivity index (χ3n) is 3.76. The van der Waals surface area contributed by atoms with Crippen LogP contribution in [0.25, 0.3) is 10.4 Å². The number of unbranched alkanes of at least 4 members (excludes halogenated alkanes) is 1. The van der Waals surface area contributed by atoms with Crippen molar-refractivity contribution in [3.63, 3.8) is 0 Å². The number of fused-ring (bicyclic) bond motifs is 1. The Kier molecular flexibility index (Phi) is 6.67. The Labute approximate surface area is 144 Å². The summed E-state index contributed by atoms with van der Waals surface area (Å²) in [6, 6.07) is 1.32. The summed E-state index contributed by atoms with van der Waals surface area (Å²) in [5, 5.41) is 3.49. The lowest BCUT2D eigenvalue weighted by atomic mass is 10.2. The molecule has 0 bridgehead atoms. The maximum absolute atomic E-state index is 12.8. The van der Waals surface area contributed by atoms with E-state index in [2.05, 4.69) is 15.5 Å². The fourth-order valence-electron chi connectivity index (χ4n) is 2.45. The lowest BCUT2D eigenvalue weighted by molar-refractivity contribution is 0.0658. The molecule has 10 nitrogen and oxygen atoms in total. The number of pyridine rings is 1. The Morgan fingerprint density at radius 3 is 2.88 bits per heavy atom. The van der Waals surface area contributed by atoms with Gasteiger partial charge in [0, 0.05) is 24.6 Å². The zero-order chi connectivity index (χ0) is 18.2. The SMILES string of the molecule is CCCCOc1c2n(c(CN=[N+]=[N-])cc1=O)NCN(CCOC)C2=O. The van der Waals surface area contributed by atoms with Crippen molar-refractivity contribution in [2.24, 2.45) is 5.11 Å². The van der Waals surface area contributed by atoms with Crippen LogP contribution in [-0.4, -0.2) is 49.0 Å². The smallest absolute Gasteiger partial charge is 0.277 e. The van der Waals surface area contributed by atoms with Gasteiger partial charge in [0.2, 0.25) is 5.43 Å². The molecular formula is C15H22N6O4. The third-order valence-corrected chi connectivity index (χ3v) is 3.76. The maximum Gasteiger partial charge on any atom is 0.277 e. The highest BCUT2D eigenvalue weighted by molar-refractivity contribution is 5.96. The second kappa shape index (κ2) is 8.95. The van der Waals surface area contributed by atoms with Crippen molar-refractivity contribution < 1.29 is 14.3 Å². The summed E-state index contributed by atoms with van der Waals surface area (Å²) in [6.07, 6.45) is 1.68. The highest BCUT2D eigenvalue weighted by Crippen LogP contribution is 2.21. The predicted octanol–water partition coefficient (Wildman–Crippen LogP) is 1.44. The minimum absolute atomic E-state index is 0.0118. The van der Waals surface area contributed by atoms with Crippen LogP contribution in [0.15, 0.2) is 16.0 Å². The number of azide groups is 1. The Balaban J connectivity index is 2.46. The molecule has 0 aliphatic carbocycles. The molecule has 0 radical (unpaired) electrons. The van der Waals surface area contributed by atoms with Gasteiger partial charge in [0.15, 0.2) is 11.4 Å². The first kappa shape index (κ1) is 18.6. The van der Waals surface area contributed by atoms with Gasteiger partial charge in [-0.2, -0.15) is 0 Å². The van der Waals surface area contributed by atoms with Gasteiger partial charge in [0.05, 0.1) is 25.5 Å². The first-order chi connectivity index (χ1) is 12.1. The molecule has 2 heterocycles. The molecule has 1 aliphatic rings. The summed E-state index contributed by atoms with van der Waals surface area (Å²) < 4.78 is 12.1. The van der Waals surface area contributed by atoms with Crippen LogP contribution in [-0.2, 0) is 11.3 Å². The van der Waals surface area contributed by atoms with Gasteiger partial charge in [0.1, 0.15) is 6.67 Å². The minimum Gasteiger partial charge on any atom is -0.487 e. The zero-order valence-corrected chi connectivity index (χ0v) is 14.4. The van der Waals surface area contributed by atoms with Gasteiger partial charge >= 0.3 is 0 Å². The van der Waals surface area contributed by atoms with Crippen molar-refractivity contribution in [2.75, 3.05) is 39.0 Å². The van der Waals surface area contributed by atoms with E-state index in [0.29, 0.717) is 25.5 Å². The normalized spacial score (nSPS) is 13.0. The summed E-state index contributed by atoms with van der Waals surface area (Å²) in [5.74, 6) is -0.320. The highest BCUT2D eigenvalue weighted by atomic mass is 16.5. The number of methoxy groups -OCH3 is 1. The number of aromatic nitrogens is 1. The number of nitrogens with one attached hydrogen (secondary N) is 1. The fourth-order valence-corrected chi connectivity index (χ4v) is 2.45. The molecule has 10 heteroatoms. The quantitative estimate of drug-likeness (QED) is 0.312. The number of rotatable bonds is 9. The fraction of sp³-hybridized carbons (Fsp3) is 0.600. The molecule has 0 spiro atoms. The van der Waals surface area contributed by atoms with E-state index < -0.39 is 5.43 Å². The summed E-state index contributed by atoms with van der Waals surface area (Å²) in [7, 11) is 1.55. The first-order valence-corrected chi connectivity index (χ1v) is 8.08. The van der Waals surface area contributed by atoms with Crippen molar-refractivity contribution in [2.45, 2.75) is 26.3 Å². The van der Waals surface area contributed by atoms with Gasteiger partial charge in [-0.3, -0.25) is 14.3 Å². The van der Waals surface area contributed by atoms with Crippen molar-refractivity contribution in [1.82, 2.24) is 9.58 Å². The van der Waals surface area contributed by atoms with E-state index in [1.807, 2.05) is 6.92 Å². The van der Waals surface area contributed by atoms with Gasteiger partial charge in [-0.25, -0.2) is 0 Å². The molecule has 2 rings (SSSR count). The van der Waals surface area contributed by atoms with E-state index in [4.69, 9.17) is 15.0 Å². The van der Waals surface area contributed by atoms with Crippen LogP contribution in [0.5, 0.6) is 5.75 Å². The molecule has 1 N–H and O–H groups in total. The van der Waals surface area contributed by atoms with Crippen LogP contribution in [0.3, 0.4) is 0 Å². The molecule has 1 aromatic rings. The Bertz CT molecular complexity index is 725. The molecule has 1 amide bonds. The van der Waals surface area contributed by atoms with Crippen LogP contribution < -0.4 is 15.6 Å². The molecule has 0 unspecified atom stereocenters. The van der Waals surface area contributed by atoms with Crippen molar-refractivity contribution >= 4 is 5.91 Å². The van der Waals surface area contributed by atoms with Crippen LogP contribution in [0.4, 0.5) is 0 Å². The molecular weight excluding hydrogens is 328 g/mol. The van der Waals surface area contributed by atoms with E-state index in [-0.39, 0.29) is 30.6 Å². The van der Waals surface area contributed by atoms with Crippen LogP contribution in [0.2, 0.25) is 0 Å². The largest absolute Gasteiger partial charge is 0.487 e. The van der Waals surface area contributed by atoms with Gasteiger partial charge in [-0.1, -0.05) is 18.5 Å². The van der Waals surface area contributed by atoms with E-state index in [1.165, 1.54) is 15.6 Å². The number of nitrogens with zero attached hydrogens (tertiary/aromatic N) is 5. The van der Waals surface area contributed by atoms with Gasteiger partial charge in [-0.15, -0.1) is 0 Å². The summed E-state index contributed by atoms with van der Waals surface area (Å²) in [4.78, 5) is 29.5. The first-order valence-electron chi connectivity index (χ1n) is 8.08. The number of carbonyl (C=O) groups excluding carboxylic acids is 1. The number of amides is 1. The van der Waals surface area contributed by atoms with E-state index in [0.717, 1.165) is 12.8 Å². The molecule has 1 aromatic heterocycles. The summed E-state index contributed by atoms with van der Waals surface area (Å²) in [6.45, 7) is 3.31. The highest BCUT2D eigenvalue weighted by Gasteiger charge is 2.30. The van der Waals surface area contributed by atoms with Crippen molar-refractivity contribution in [3.8, 4) is 5.75 Å². The molecule has 0 saturated heterocycles. The molecule has 0 aromatic carbocycles. The van der Waals surface area contributed by atoms with Crippen LogP contribution in [0, 0.1) is 0 Å². The van der Waals surface area contributed by atoms with E-state index in [9.17, 15) is 9.59 Å². The van der Waals surface area contributed by atoms with Gasteiger partial charge in [-0.05, 0) is 12.0 Å². The Morgan fingerprint density at radius 2 is 2.20 bits per heavy atom. The molecule has 136 valence electrons. The predicted molar refractivity (Wildman–Crippen MR) is 91.1 cm³/mol.